The first-order chi connectivity index (χ1) is 13.2. The van der Waals surface area contributed by atoms with E-state index in [4.69, 9.17) is 9.26 Å². The van der Waals surface area contributed by atoms with E-state index in [9.17, 15) is 9.59 Å². The number of hydrogen-bond donors (Lipinski definition) is 1. The number of hydrogen-bond acceptors (Lipinski definition) is 6. The lowest BCUT2D eigenvalue weighted by Crippen LogP contribution is -2.14. The molecule has 27 heavy (non-hydrogen) atoms. The number of nitrogens with one attached hydrogen (secondary N) is 1. The Morgan fingerprint density at radius 1 is 1.11 bits per heavy atom. The zero-order valence-corrected chi connectivity index (χ0v) is 14.4. The fourth-order valence-corrected chi connectivity index (χ4v) is 2.54. The minimum Gasteiger partial charge on any atom is -0.452 e. The largest absolute Gasteiger partial charge is 0.452 e. The molecule has 4 rings (SSSR count). The molecule has 0 saturated heterocycles. The monoisotopic (exact) mass is 363 g/mol. The molecule has 1 aliphatic carbocycles. The van der Waals surface area contributed by atoms with Gasteiger partial charge in [0.1, 0.15) is 0 Å². The molecule has 0 radical (unpaired) electrons. The number of carbonyl (C=O) groups excluding carboxylic acids is 2. The quantitative estimate of drug-likeness (QED) is 0.674. The second-order valence-electron chi connectivity index (χ2n) is 6.30. The lowest BCUT2D eigenvalue weighted by Gasteiger charge is -2.06. The Bertz CT molecular complexity index is 964. The Balaban J connectivity index is 1.37. The van der Waals surface area contributed by atoms with E-state index in [1.165, 1.54) is 0 Å². The SMILES string of the molecule is O=C(OCc1nc(-c2ccccc2)no1)c1cccc(NC(=O)C2CC2)c1. The highest BCUT2D eigenvalue weighted by Crippen LogP contribution is 2.30. The first-order valence-corrected chi connectivity index (χ1v) is 8.65. The van der Waals surface area contributed by atoms with Crippen molar-refractivity contribution in [2.45, 2.75) is 19.4 Å². The number of aromatic nitrogens is 2. The molecule has 1 heterocycles. The smallest absolute Gasteiger partial charge is 0.338 e. The van der Waals surface area contributed by atoms with Gasteiger partial charge < -0.3 is 14.6 Å². The topological polar surface area (TPSA) is 94.3 Å². The van der Waals surface area contributed by atoms with Crippen molar-refractivity contribution in [2.24, 2.45) is 5.92 Å². The zero-order valence-electron chi connectivity index (χ0n) is 14.4. The molecule has 2 aromatic carbocycles. The Kier molecular flexibility index (Phi) is 4.65. The second-order valence-corrected chi connectivity index (χ2v) is 6.30. The number of ether oxygens (including phenoxy) is 1. The molecular formula is C20H17N3O4. The van der Waals surface area contributed by atoms with Crippen molar-refractivity contribution in [1.29, 1.82) is 0 Å². The van der Waals surface area contributed by atoms with Crippen LogP contribution in [0, 0.1) is 5.92 Å². The number of amides is 1. The van der Waals surface area contributed by atoms with E-state index >= 15 is 0 Å². The van der Waals surface area contributed by atoms with E-state index in [0.717, 1.165) is 18.4 Å². The Labute approximate surface area is 155 Å². The van der Waals surface area contributed by atoms with Crippen LogP contribution < -0.4 is 5.32 Å². The van der Waals surface area contributed by atoms with Gasteiger partial charge in [-0.25, -0.2) is 4.79 Å². The summed E-state index contributed by atoms with van der Waals surface area (Å²) in [4.78, 5) is 28.3. The fraction of sp³-hybridized carbons (Fsp3) is 0.200. The van der Waals surface area contributed by atoms with Crippen LogP contribution in [0.2, 0.25) is 0 Å². The van der Waals surface area contributed by atoms with Crippen molar-refractivity contribution < 1.29 is 18.8 Å². The Morgan fingerprint density at radius 2 is 1.93 bits per heavy atom. The molecule has 3 aromatic rings. The van der Waals surface area contributed by atoms with Crippen molar-refractivity contribution in [3.8, 4) is 11.4 Å². The van der Waals surface area contributed by atoms with Crippen LogP contribution in [0.25, 0.3) is 11.4 Å². The molecule has 1 amide bonds. The molecule has 1 aromatic heterocycles. The van der Waals surface area contributed by atoms with Gasteiger partial charge in [-0.05, 0) is 31.0 Å². The standard InChI is InChI=1S/C20H17N3O4/c24-19(14-9-10-14)21-16-8-4-7-15(11-16)20(25)26-12-17-22-18(23-27-17)13-5-2-1-3-6-13/h1-8,11,14H,9-10,12H2,(H,21,24). The lowest BCUT2D eigenvalue weighted by atomic mass is 10.2. The van der Waals surface area contributed by atoms with Crippen LogP contribution in [0.4, 0.5) is 5.69 Å². The van der Waals surface area contributed by atoms with E-state index in [-0.39, 0.29) is 24.3 Å². The van der Waals surface area contributed by atoms with Crippen LogP contribution >= 0.6 is 0 Å². The van der Waals surface area contributed by atoms with E-state index in [1.54, 1.807) is 24.3 Å². The third kappa shape index (κ3) is 4.20. The van der Waals surface area contributed by atoms with Crippen molar-refractivity contribution in [3.63, 3.8) is 0 Å². The molecule has 136 valence electrons. The molecule has 7 nitrogen and oxygen atoms in total. The second kappa shape index (κ2) is 7.41. The normalized spacial score (nSPS) is 13.2. The van der Waals surface area contributed by atoms with Gasteiger partial charge in [0.15, 0.2) is 6.61 Å². The lowest BCUT2D eigenvalue weighted by molar-refractivity contribution is -0.117. The molecule has 7 heteroatoms. The first-order valence-electron chi connectivity index (χ1n) is 8.65. The average molecular weight is 363 g/mol. The molecule has 1 fully saturated rings. The van der Waals surface area contributed by atoms with Crippen LogP contribution in [-0.4, -0.2) is 22.0 Å². The number of rotatable bonds is 6. The fourth-order valence-electron chi connectivity index (χ4n) is 2.54. The third-order valence-electron chi connectivity index (χ3n) is 4.14. The van der Waals surface area contributed by atoms with Gasteiger partial charge in [0.2, 0.25) is 11.7 Å². The molecule has 1 saturated carbocycles. The van der Waals surface area contributed by atoms with E-state index < -0.39 is 5.97 Å². The van der Waals surface area contributed by atoms with Gasteiger partial charge in [-0.3, -0.25) is 4.79 Å². The van der Waals surface area contributed by atoms with Crippen molar-refractivity contribution in [3.05, 3.63) is 66.1 Å². The summed E-state index contributed by atoms with van der Waals surface area (Å²) >= 11 is 0. The molecule has 0 spiro atoms. The highest BCUT2D eigenvalue weighted by Gasteiger charge is 2.29. The molecule has 1 N–H and O–H groups in total. The van der Waals surface area contributed by atoms with Crippen LogP contribution in [0.5, 0.6) is 0 Å². The summed E-state index contributed by atoms with van der Waals surface area (Å²) in [5.41, 5.74) is 1.73. The van der Waals surface area contributed by atoms with E-state index in [1.807, 2.05) is 30.3 Å². The van der Waals surface area contributed by atoms with E-state index in [0.29, 0.717) is 17.1 Å². The van der Waals surface area contributed by atoms with E-state index in [2.05, 4.69) is 15.5 Å². The summed E-state index contributed by atoms with van der Waals surface area (Å²) in [6.07, 6.45) is 1.84. The van der Waals surface area contributed by atoms with Gasteiger partial charge in [0.25, 0.3) is 5.89 Å². The third-order valence-corrected chi connectivity index (χ3v) is 4.14. The maximum Gasteiger partial charge on any atom is 0.338 e. The maximum absolute atomic E-state index is 12.3. The summed E-state index contributed by atoms with van der Waals surface area (Å²) in [7, 11) is 0. The molecule has 0 unspecified atom stereocenters. The molecule has 0 atom stereocenters. The summed E-state index contributed by atoms with van der Waals surface area (Å²) in [5, 5.41) is 6.69. The van der Waals surface area contributed by atoms with Crippen molar-refractivity contribution in [1.82, 2.24) is 10.1 Å². The molecule has 1 aliphatic rings. The highest BCUT2D eigenvalue weighted by atomic mass is 16.6. The summed E-state index contributed by atoms with van der Waals surface area (Å²) < 4.78 is 10.4. The highest BCUT2D eigenvalue weighted by molar-refractivity contribution is 5.96. The summed E-state index contributed by atoms with van der Waals surface area (Å²) in [5.74, 6) is 0.195. The van der Waals surface area contributed by atoms with Gasteiger partial charge in [-0.2, -0.15) is 4.98 Å². The number of anilines is 1. The van der Waals surface area contributed by atoms with Gasteiger partial charge in [-0.15, -0.1) is 0 Å². The van der Waals surface area contributed by atoms with Crippen molar-refractivity contribution in [2.75, 3.05) is 5.32 Å². The summed E-state index contributed by atoms with van der Waals surface area (Å²) in [6, 6.07) is 16.0. The van der Waals surface area contributed by atoms with Gasteiger partial charge in [0, 0.05) is 17.2 Å². The predicted octanol–water partition coefficient (Wildman–Crippen LogP) is 3.44. The number of esters is 1. The summed E-state index contributed by atoms with van der Waals surface area (Å²) in [6.45, 7) is -0.128. The number of carbonyl (C=O) groups is 2. The Hall–Kier alpha value is -3.48. The minimum atomic E-state index is -0.531. The van der Waals surface area contributed by atoms with Gasteiger partial charge in [-0.1, -0.05) is 41.6 Å². The Morgan fingerprint density at radius 3 is 2.70 bits per heavy atom. The average Bonchev–Trinajstić information content (AvgIpc) is 3.45. The van der Waals surface area contributed by atoms with Crippen LogP contribution in [0.15, 0.2) is 59.1 Å². The maximum atomic E-state index is 12.3. The van der Waals surface area contributed by atoms with Crippen LogP contribution in [-0.2, 0) is 16.1 Å². The van der Waals surface area contributed by atoms with Crippen LogP contribution in [0.1, 0.15) is 29.1 Å². The minimum absolute atomic E-state index is 0.0141. The van der Waals surface area contributed by atoms with Gasteiger partial charge in [0.05, 0.1) is 5.56 Å². The molecule has 0 aliphatic heterocycles. The van der Waals surface area contributed by atoms with Crippen LogP contribution in [0.3, 0.4) is 0 Å². The number of nitrogens with zero attached hydrogens (tertiary/aromatic N) is 2. The first kappa shape index (κ1) is 17.0. The molecular weight excluding hydrogens is 346 g/mol. The predicted molar refractivity (Wildman–Crippen MR) is 96.6 cm³/mol. The van der Waals surface area contributed by atoms with Gasteiger partial charge >= 0.3 is 5.97 Å². The molecule has 0 bridgehead atoms. The zero-order chi connectivity index (χ0) is 18.6. The number of benzene rings is 2. The van der Waals surface area contributed by atoms with Crippen molar-refractivity contribution >= 4 is 17.6 Å².